The molecule has 98 valence electrons. The highest BCUT2D eigenvalue weighted by molar-refractivity contribution is 9.09. The average molecular weight is 291 g/mol. The number of alkyl halides is 1. The van der Waals surface area contributed by atoms with Gasteiger partial charge in [-0.15, -0.1) is 0 Å². The van der Waals surface area contributed by atoms with Crippen LogP contribution >= 0.6 is 15.9 Å². The van der Waals surface area contributed by atoms with Crippen LogP contribution in [-0.4, -0.2) is 5.33 Å². The molecule has 1 heteroatoms. The molecule has 0 aromatic heterocycles. The first-order valence-electron chi connectivity index (χ1n) is 7.26. The lowest BCUT2D eigenvalue weighted by Gasteiger charge is -2.18. The van der Waals surface area contributed by atoms with E-state index < -0.39 is 0 Å². The molecule has 0 radical (unpaired) electrons. The van der Waals surface area contributed by atoms with Crippen molar-refractivity contribution in [3.8, 4) is 0 Å². The van der Waals surface area contributed by atoms with Crippen LogP contribution in [-0.2, 0) is 0 Å². The van der Waals surface area contributed by atoms with Gasteiger partial charge in [-0.3, -0.25) is 0 Å². The van der Waals surface area contributed by atoms with Gasteiger partial charge < -0.3 is 0 Å². The molecule has 0 aliphatic heterocycles. The Labute approximate surface area is 112 Å². The molecule has 0 aliphatic rings. The highest BCUT2D eigenvalue weighted by Crippen LogP contribution is 2.24. The second-order valence-corrected chi connectivity index (χ2v) is 6.32. The summed E-state index contributed by atoms with van der Waals surface area (Å²) in [6, 6.07) is 0. The Hall–Kier alpha value is 0.480. The highest BCUT2D eigenvalue weighted by Gasteiger charge is 2.10. The van der Waals surface area contributed by atoms with Crippen LogP contribution in [0.2, 0.25) is 0 Å². The van der Waals surface area contributed by atoms with E-state index in [2.05, 4.69) is 36.7 Å². The lowest BCUT2D eigenvalue weighted by Crippen LogP contribution is -2.05. The van der Waals surface area contributed by atoms with Crippen LogP contribution < -0.4 is 0 Å². The maximum absolute atomic E-state index is 3.55. The van der Waals surface area contributed by atoms with Gasteiger partial charge in [-0.05, 0) is 31.1 Å². The molecule has 0 saturated heterocycles. The van der Waals surface area contributed by atoms with Gasteiger partial charge in [0.05, 0.1) is 0 Å². The van der Waals surface area contributed by atoms with E-state index in [0.717, 1.165) is 11.8 Å². The summed E-state index contributed by atoms with van der Waals surface area (Å²) in [4.78, 5) is 0. The molecular formula is C15H31Br. The number of hydrogen-bond donors (Lipinski definition) is 0. The van der Waals surface area contributed by atoms with Crippen molar-refractivity contribution in [3.05, 3.63) is 0 Å². The summed E-state index contributed by atoms with van der Waals surface area (Å²) >= 11 is 3.55. The normalized spacial score (nSPS) is 13.3. The molecule has 0 fully saturated rings. The summed E-state index contributed by atoms with van der Waals surface area (Å²) in [7, 11) is 0. The van der Waals surface area contributed by atoms with Crippen molar-refractivity contribution in [1.82, 2.24) is 0 Å². The van der Waals surface area contributed by atoms with Crippen LogP contribution in [0.5, 0.6) is 0 Å². The monoisotopic (exact) mass is 290 g/mol. The summed E-state index contributed by atoms with van der Waals surface area (Å²) in [5, 5.41) is 1.18. The molecule has 0 bridgehead atoms. The van der Waals surface area contributed by atoms with Gasteiger partial charge in [0.15, 0.2) is 0 Å². The molecule has 0 saturated carbocycles. The lowest BCUT2D eigenvalue weighted by atomic mass is 9.88. The third-order valence-corrected chi connectivity index (χ3v) is 3.83. The molecule has 0 nitrogen and oxygen atoms in total. The molecule has 0 heterocycles. The molecule has 0 spiro atoms. The standard InChI is InChI=1S/C15H31Br/c1-4-5-6-7-8-10-15(11-9-12-16)13-14(2)3/h14-15H,4-13H2,1-3H3. The fourth-order valence-corrected chi connectivity index (χ4v) is 2.77. The molecule has 1 unspecified atom stereocenters. The van der Waals surface area contributed by atoms with E-state index in [4.69, 9.17) is 0 Å². The van der Waals surface area contributed by atoms with E-state index in [1.54, 1.807) is 0 Å². The summed E-state index contributed by atoms with van der Waals surface area (Å²) < 4.78 is 0. The van der Waals surface area contributed by atoms with Gasteiger partial charge in [0.25, 0.3) is 0 Å². The minimum absolute atomic E-state index is 0.871. The number of halogens is 1. The van der Waals surface area contributed by atoms with Gasteiger partial charge in [0, 0.05) is 5.33 Å². The van der Waals surface area contributed by atoms with E-state index in [1.807, 2.05) is 0 Å². The van der Waals surface area contributed by atoms with Crippen molar-refractivity contribution >= 4 is 15.9 Å². The first-order valence-corrected chi connectivity index (χ1v) is 8.38. The predicted molar refractivity (Wildman–Crippen MR) is 79.3 cm³/mol. The lowest BCUT2D eigenvalue weighted by molar-refractivity contribution is 0.349. The summed E-state index contributed by atoms with van der Waals surface area (Å²) in [6.45, 7) is 7.01. The molecular weight excluding hydrogens is 260 g/mol. The second-order valence-electron chi connectivity index (χ2n) is 5.53. The van der Waals surface area contributed by atoms with Crippen molar-refractivity contribution in [2.75, 3.05) is 5.33 Å². The van der Waals surface area contributed by atoms with Gasteiger partial charge >= 0.3 is 0 Å². The zero-order chi connectivity index (χ0) is 12.2. The zero-order valence-electron chi connectivity index (χ0n) is 11.6. The highest BCUT2D eigenvalue weighted by atomic mass is 79.9. The number of rotatable bonds is 11. The molecule has 0 aromatic rings. The third-order valence-electron chi connectivity index (χ3n) is 3.27. The number of hydrogen-bond acceptors (Lipinski definition) is 0. The topological polar surface area (TPSA) is 0 Å². The predicted octanol–water partition coefficient (Wildman–Crippen LogP) is 6.18. The Morgan fingerprint density at radius 2 is 1.50 bits per heavy atom. The van der Waals surface area contributed by atoms with Gasteiger partial charge in [-0.1, -0.05) is 75.2 Å². The van der Waals surface area contributed by atoms with Crippen LogP contribution in [0, 0.1) is 11.8 Å². The van der Waals surface area contributed by atoms with Crippen molar-refractivity contribution in [1.29, 1.82) is 0 Å². The first kappa shape index (κ1) is 16.5. The van der Waals surface area contributed by atoms with E-state index in [9.17, 15) is 0 Å². The zero-order valence-corrected chi connectivity index (χ0v) is 13.2. The molecule has 16 heavy (non-hydrogen) atoms. The van der Waals surface area contributed by atoms with Crippen LogP contribution in [0.15, 0.2) is 0 Å². The van der Waals surface area contributed by atoms with E-state index in [1.165, 1.54) is 63.1 Å². The molecule has 0 N–H and O–H groups in total. The van der Waals surface area contributed by atoms with Crippen LogP contribution in [0.25, 0.3) is 0 Å². The maximum Gasteiger partial charge on any atom is 0.00314 e. The Bertz CT molecular complexity index is 131. The Balaban J connectivity index is 3.56. The Morgan fingerprint density at radius 3 is 2.06 bits per heavy atom. The summed E-state index contributed by atoms with van der Waals surface area (Å²) in [5.41, 5.74) is 0. The largest absolute Gasteiger partial charge is 0.0928 e. The second kappa shape index (κ2) is 12.0. The van der Waals surface area contributed by atoms with Crippen molar-refractivity contribution < 1.29 is 0 Å². The molecule has 0 aromatic carbocycles. The van der Waals surface area contributed by atoms with Gasteiger partial charge in [0.1, 0.15) is 0 Å². The third kappa shape index (κ3) is 11.0. The molecule has 1 atom stereocenters. The van der Waals surface area contributed by atoms with Crippen molar-refractivity contribution in [2.24, 2.45) is 11.8 Å². The fourth-order valence-electron chi connectivity index (χ4n) is 2.45. The van der Waals surface area contributed by atoms with Gasteiger partial charge in [-0.25, -0.2) is 0 Å². The molecule has 0 amide bonds. The molecule has 0 aliphatic carbocycles. The van der Waals surface area contributed by atoms with Gasteiger partial charge in [-0.2, -0.15) is 0 Å². The number of unbranched alkanes of at least 4 members (excludes halogenated alkanes) is 4. The van der Waals surface area contributed by atoms with Crippen molar-refractivity contribution in [3.63, 3.8) is 0 Å². The van der Waals surface area contributed by atoms with Crippen LogP contribution in [0.1, 0.15) is 78.6 Å². The van der Waals surface area contributed by atoms with Gasteiger partial charge in [0.2, 0.25) is 0 Å². The summed E-state index contributed by atoms with van der Waals surface area (Å²) in [6.07, 6.45) is 12.8. The maximum atomic E-state index is 3.55. The van der Waals surface area contributed by atoms with E-state index in [0.29, 0.717) is 0 Å². The van der Waals surface area contributed by atoms with E-state index in [-0.39, 0.29) is 0 Å². The van der Waals surface area contributed by atoms with Crippen molar-refractivity contribution in [2.45, 2.75) is 78.6 Å². The minimum atomic E-state index is 0.871. The molecule has 0 rings (SSSR count). The van der Waals surface area contributed by atoms with Crippen LogP contribution in [0.3, 0.4) is 0 Å². The quantitative estimate of drug-likeness (QED) is 0.315. The van der Waals surface area contributed by atoms with E-state index >= 15 is 0 Å². The average Bonchev–Trinajstić information content (AvgIpc) is 2.24. The minimum Gasteiger partial charge on any atom is -0.0928 e. The Morgan fingerprint density at radius 1 is 0.875 bits per heavy atom. The van der Waals surface area contributed by atoms with Crippen LogP contribution in [0.4, 0.5) is 0 Å². The smallest absolute Gasteiger partial charge is 0.00314 e. The first-order chi connectivity index (χ1) is 7.70. The fraction of sp³-hybridized carbons (Fsp3) is 1.00. The SMILES string of the molecule is CCCCCCCC(CCCBr)CC(C)C. The Kier molecular flexibility index (Phi) is 12.3. The summed E-state index contributed by atoms with van der Waals surface area (Å²) in [5.74, 6) is 1.86.